The van der Waals surface area contributed by atoms with Crippen LogP contribution in [0.1, 0.15) is 5.56 Å². The molecule has 3 nitrogen and oxygen atoms in total. The zero-order valence-electron chi connectivity index (χ0n) is 7.66. The Bertz CT molecular complexity index is 335. The third kappa shape index (κ3) is 4.35. The molecule has 1 rings (SSSR count). The molecule has 0 bridgehead atoms. The quantitative estimate of drug-likeness (QED) is 0.478. The van der Waals surface area contributed by atoms with Gasteiger partial charge in [-0.3, -0.25) is 0 Å². The molecule has 0 spiro atoms. The van der Waals surface area contributed by atoms with Gasteiger partial charge < -0.3 is 10.6 Å². The Hall–Kier alpha value is -1.72. The Morgan fingerprint density at radius 1 is 1.27 bits per heavy atom. The first kappa shape index (κ1) is 11.4. The van der Waals surface area contributed by atoms with E-state index in [9.17, 15) is 13.2 Å². The summed E-state index contributed by atoms with van der Waals surface area (Å²) in [5, 5.41) is 3.15. The lowest BCUT2D eigenvalue weighted by Crippen LogP contribution is -2.18. The average molecular weight is 218 g/mol. The summed E-state index contributed by atoms with van der Waals surface area (Å²) in [6, 6.07) is 8.39. The van der Waals surface area contributed by atoms with Gasteiger partial charge in [0.25, 0.3) is 0 Å². The fourth-order valence-corrected chi connectivity index (χ4v) is 0.837. The molecule has 0 radical (unpaired) electrons. The Kier molecular flexibility index (Phi) is 3.54. The molecule has 0 atom stereocenters. The number of rotatable bonds is 3. The Labute approximate surface area is 84.3 Å². The highest BCUT2D eigenvalue weighted by atomic mass is 19.4. The van der Waals surface area contributed by atoms with E-state index in [1.54, 1.807) is 30.3 Å². The van der Waals surface area contributed by atoms with Gasteiger partial charge in [-0.05, 0) is 0 Å². The number of hydrogen-bond acceptors (Lipinski definition) is 2. The lowest BCUT2D eigenvalue weighted by atomic mass is 10.2. The number of oxime groups is 1. The predicted octanol–water partition coefficient (Wildman–Crippen LogP) is 1.89. The molecule has 2 N–H and O–H groups in total. The number of amidine groups is 1. The minimum atomic E-state index is -4.40. The molecular weight excluding hydrogens is 209 g/mol. The van der Waals surface area contributed by atoms with Crippen molar-refractivity contribution in [3.8, 4) is 0 Å². The van der Waals surface area contributed by atoms with Gasteiger partial charge in [-0.25, -0.2) is 0 Å². The standard InChI is InChI=1S/C9H9F3N2O/c10-9(11,12)6-15-14-8(13)7-4-2-1-3-5-7/h1-5H,6H2,(H2,13,14). The van der Waals surface area contributed by atoms with E-state index in [1.165, 1.54) is 0 Å². The molecule has 0 heterocycles. The second-order valence-electron chi connectivity index (χ2n) is 2.73. The van der Waals surface area contributed by atoms with Gasteiger partial charge in [-0.2, -0.15) is 13.2 Å². The third-order valence-electron chi connectivity index (χ3n) is 1.46. The van der Waals surface area contributed by atoms with Crippen LogP contribution in [0.3, 0.4) is 0 Å². The van der Waals surface area contributed by atoms with Gasteiger partial charge >= 0.3 is 6.18 Å². The highest BCUT2D eigenvalue weighted by Crippen LogP contribution is 2.14. The lowest BCUT2D eigenvalue weighted by Gasteiger charge is -2.04. The van der Waals surface area contributed by atoms with Crippen molar-refractivity contribution >= 4 is 5.84 Å². The normalized spacial score (nSPS) is 12.6. The minimum Gasteiger partial charge on any atom is -0.384 e. The molecule has 0 aromatic heterocycles. The first-order chi connectivity index (χ1) is 6.99. The van der Waals surface area contributed by atoms with E-state index in [0.29, 0.717) is 5.56 Å². The van der Waals surface area contributed by atoms with Crippen molar-refractivity contribution in [2.45, 2.75) is 6.18 Å². The van der Waals surface area contributed by atoms with Crippen molar-refractivity contribution in [3.63, 3.8) is 0 Å². The molecule has 6 heteroatoms. The van der Waals surface area contributed by atoms with E-state index < -0.39 is 12.8 Å². The largest absolute Gasteiger partial charge is 0.425 e. The van der Waals surface area contributed by atoms with Crippen LogP contribution in [-0.2, 0) is 4.84 Å². The van der Waals surface area contributed by atoms with E-state index in [1.807, 2.05) is 0 Å². The van der Waals surface area contributed by atoms with E-state index in [2.05, 4.69) is 9.99 Å². The van der Waals surface area contributed by atoms with Crippen LogP contribution in [0.2, 0.25) is 0 Å². The van der Waals surface area contributed by atoms with Crippen molar-refractivity contribution in [2.24, 2.45) is 10.9 Å². The number of halogens is 3. The maximum Gasteiger partial charge on any atom is 0.425 e. The second kappa shape index (κ2) is 4.68. The number of nitrogens with zero attached hydrogens (tertiary/aromatic N) is 1. The fourth-order valence-electron chi connectivity index (χ4n) is 0.837. The van der Waals surface area contributed by atoms with Crippen LogP contribution < -0.4 is 5.73 Å². The number of benzene rings is 1. The SMILES string of the molecule is NC(=NOCC(F)(F)F)c1ccccc1. The molecule has 0 aliphatic heterocycles. The van der Waals surface area contributed by atoms with Gasteiger partial charge in [0, 0.05) is 5.56 Å². The summed E-state index contributed by atoms with van der Waals surface area (Å²) in [4.78, 5) is 4.05. The van der Waals surface area contributed by atoms with Crippen molar-refractivity contribution < 1.29 is 18.0 Å². The minimum absolute atomic E-state index is 0.0835. The summed E-state index contributed by atoms with van der Waals surface area (Å²) in [5.41, 5.74) is 5.90. The van der Waals surface area contributed by atoms with Gasteiger partial charge in [0.15, 0.2) is 5.84 Å². The number of hydrogen-bond donors (Lipinski definition) is 1. The van der Waals surface area contributed by atoms with Gasteiger partial charge in [-0.15, -0.1) is 0 Å². The molecular formula is C9H9F3N2O. The van der Waals surface area contributed by atoms with Crippen LogP contribution in [-0.4, -0.2) is 18.6 Å². The summed E-state index contributed by atoms with van der Waals surface area (Å²) in [5.74, 6) is -0.0835. The molecule has 0 unspecified atom stereocenters. The summed E-state index contributed by atoms with van der Waals surface area (Å²) in [7, 11) is 0. The molecule has 0 saturated carbocycles. The van der Waals surface area contributed by atoms with Gasteiger partial charge in [0.1, 0.15) is 0 Å². The summed E-state index contributed by atoms with van der Waals surface area (Å²) < 4.78 is 35.0. The lowest BCUT2D eigenvalue weighted by molar-refractivity contribution is -0.173. The second-order valence-corrected chi connectivity index (χ2v) is 2.73. The highest BCUT2D eigenvalue weighted by molar-refractivity contribution is 5.96. The van der Waals surface area contributed by atoms with Gasteiger partial charge in [0.05, 0.1) is 0 Å². The summed E-state index contributed by atoms with van der Waals surface area (Å²) in [6.45, 7) is -1.44. The smallest absolute Gasteiger partial charge is 0.384 e. The predicted molar refractivity (Wildman–Crippen MR) is 49.2 cm³/mol. The van der Waals surface area contributed by atoms with Gasteiger partial charge in [0.2, 0.25) is 6.61 Å². The molecule has 1 aromatic rings. The first-order valence-corrected chi connectivity index (χ1v) is 4.06. The van der Waals surface area contributed by atoms with Crippen LogP contribution in [0.25, 0.3) is 0 Å². The molecule has 82 valence electrons. The maximum absolute atomic E-state index is 11.7. The van der Waals surface area contributed by atoms with E-state index in [-0.39, 0.29) is 5.84 Å². The number of nitrogens with two attached hydrogens (primary N) is 1. The molecule has 1 aromatic carbocycles. The molecule has 0 amide bonds. The van der Waals surface area contributed by atoms with Crippen molar-refractivity contribution in [2.75, 3.05) is 6.61 Å². The van der Waals surface area contributed by atoms with Crippen molar-refractivity contribution in [1.82, 2.24) is 0 Å². The molecule has 0 aliphatic carbocycles. The first-order valence-electron chi connectivity index (χ1n) is 4.06. The third-order valence-corrected chi connectivity index (χ3v) is 1.46. The Morgan fingerprint density at radius 2 is 1.87 bits per heavy atom. The van der Waals surface area contributed by atoms with Crippen LogP contribution in [0.5, 0.6) is 0 Å². The Balaban J connectivity index is 2.54. The fraction of sp³-hybridized carbons (Fsp3) is 0.222. The molecule has 0 fully saturated rings. The van der Waals surface area contributed by atoms with Crippen LogP contribution >= 0.6 is 0 Å². The topological polar surface area (TPSA) is 47.6 Å². The summed E-state index contributed by atoms with van der Waals surface area (Å²) >= 11 is 0. The van der Waals surface area contributed by atoms with Crippen LogP contribution in [0.4, 0.5) is 13.2 Å². The molecule has 0 saturated heterocycles. The maximum atomic E-state index is 11.7. The average Bonchev–Trinajstić information content (AvgIpc) is 2.17. The monoisotopic (exact) mass is 218 g/mol. The van der Waals surface area contributed by atoms with Crippen molar-refractivity contribution in [3.05, 3.63) is 35.9 Å². The van der Waals surface area contributed by atoms with Crippen molar-refractivity contribution in [1.29, 1.82) is 0 Å². The molecule has 0 aliphatic rings. The number of alkyl halides is 3. The van der Waals surface area contributed by atoms with E-state index >= 15 is 0 Å². The van der Waals surface area contributed by atoms with E-state index in [0.717, 1.165) is 0 Å². The zero-order valence-corrected chi connectivity index (χ0v) is 7.66. The van der Waals surface area contributed by atoms with Gasteiger partial charge in [-0.1, -0.05) is 35.5 Å². The van der Waals surface area contributed by atoms with Crippen LogP contribution in [0, 0.1) is 0 Å². The van der Waals surface area contributed by atoms with Crippen LogP contribution in [0.15, 0.2) is 35.5 Å². The van der Waals surface area contributed by atoms with E-state index in [4.69, 9.17) is 5.73 Å². The Morgan fingerprint density at radius 3 is 2.40 bits per heavy atom. The zero-order chi connectivity index (χ0) is 11.3. The molecule has 15 heavy (non-hydrogen) atoms. The highest BCUT2D eigenvalue weighted by Gasteiger charge is 2.28. The summed E-state index contributed by atoms with van der Waals surface area (Å²) in [6.07, 6.45) is -4.40.